The smallest absolute Gasteiger partial charge is 0.0589 e. The van der Waals surface area contributed by atoms with Crippen molar-refractivity contribution in [1.82, 2.24) is 10.2 Å². The summed E-state index contributed by atoms with van der Waals surface area (Å²) in [6.07, 6.45) is 5.41. The predicted molar refractivity (Wildman–Crippen MR) is 78.0 cm³/mol. The fourth-order valence-corrected chi connectivity index (χ4v) is 2.74. The molecule has 1 N–H and O–H groups in total. The minimum absolute atomic E-state index is 0.675. The number of nitrogens with one attached hydrogen (secondary N) is 1. The molecule has 0 heterocycles. The van der Waals surface area contributed by atoms with E-state index in [4.69, 9.17) is 4.74 Å². The van der Waals surface area contributed by atoms with Gasteiger partial charge in [0, 0.05) is 25.7 Å². The number of ether oxygens (including phenoxy) is 1. The molecule has 3 heteroatoms. The molecule has 0 spiro atoms. The van der Waals surface area contributed by atoms with E-state index in [0.717, 1.165) is 38.2 Å². The van der Waals surface area contributed by atoms with Crippen LogP contribution in [0, 0.1) is 5.92 Å². The summed E-state index contributed by atoms with van der Waals surface area (Å²) in [5.41, 5.74) is 0. The zero-order chi connectivity index (χ0) is 13.4. The number of hydrogen-bond acceptors (Lipinski definition) is 3. The summed E-state index contributed by atoms with van der Waals surface area (Å²) < 4.78 is 5.26. The van der Waals surface area contributed by atoms with Crippen molar-refractivity contribution in [2.75, 3.05) is 33.4 Å². The van der Waals surface area contributed by atoms with Crippen LogP contribution in [0.25, 0.3) is 0 Å². The van der Waals surface area contributed by atoms with E-state index in [1.165, 1.54) is 25.7 Å². The molecule has 0 radical (unpaired) electrons. The first kappa shape index (κ1) is 15.9. The standard InChI is InChI=1S/C15H32N2O/c1-5-16-10-6-7-13(2)17(11-12-18-4)14(3)15-8-9-15/h13-16H,5-12H2,1-4H3. The van der Waals surface area contributed by atoms with Crippen LogP contribution < -0.4 is 5.32 Å². The maximum absolute atomic E-state index is 5.26. The van der Waals surface area contributed by atoms with Crippen LogP contribution in [0.15, 0.2) is 0 Å². The van der Waals surface area contributed by atoms with Gasteiger partial charge in [-0.3, -0.25) is 4.90 Å². The summed E-state index contributed by atoms with van der Waals surface area (Å²) in [7, 11) is 1.80. The lowest BCUT2D eigenvalue weighted by molar-refractivity contribution is 0.0832. The first-order chi connectivity index (χ1) is 8.70. The molecule has 0 bridgehead atoms. The molecule has 1 fully saturated rings. The van der Waals surface area contributed by atoms with Crippen LogP contribution in [0.3, 0.4) is 0 Å². The molecule has 0 aromatic carbocycles. The fraction of sp³-hybridized carbons (Fsp3) is 1.00. The van der Waals surface area contributed by atoms with Crippen molar-refractivity contribution >= 4 is 0 Å². The Kier molecular flexibility index (Phi) is 7.87. The quantitative estimate of drug-likeness (QED) is 0.575. The highest BCUT2D eigenvalue weighted by molar-refractivity contribution is 4.87. The van der Waals surface area contributed by atoms with Crippen LogP contribution in [0.1, 0.15) is 46.5 Å². The van der Waals surface area contributed by atoms with Gasteiger partial charge in [-0.1, -0.05) is 6.92 Å². The second-order valence-corrected chi connectivity index (χ2v) is 5.65. The molecule has 0 amide bonds. The topological polar surface area (TPSA) is 24.5 Å². The highest BCUT2D eigenvalue weighted by Gasteiger charge is 2.33. The molecular weight excluding hydrogens is 224 g/mol. The largest absolute Gasteiger partial charge is 0.383 e. The number of rotatable bonds is 11. The van der Waals surface area contributed by atoms with Gasteiger partial charge in [-0.2, -0.15) is 0 Å². The van der Waals surface area contributed by atoms with Gasteiger partial charge in [0.2, 0.25) is 0 Å². The van der Waals surface area contributed by atoms with Gasteiger partial charge in [-0.05, 0) is 58.5 Å². The number of nitrogens with zero attached hydrogens (tertiary/aromatic N) is 1. The highest BCUT2D eigenvalue weighted by Crippen LogP contribution is 2.36. The molecule has 1 aliphatic carbocycles. The molecule has 18 heavy (non-hydrogen) atoms. The molecule has 0 aliphatic heterocycles. The predicted octanol–water partition coefficient (Wildman–Crippen LogP) is 2.51. The van der Waals surface area contributed by atoms with Crippen molar-refractivity contribution < 1.29 is 4.74 Å². The van der Waals surface area contributed by atoms with Crippen molar-refractivity contribution in [3.8, 4) is 0 Å². The third-order valence-corrected chi connectivity index (χ3v) is 4.17. The van der Waals surface area contributed by atoms with E-state index in [1.807, 2.05) is 0 Å². The summed E-state index contributed by atoms with van der Waals surface area (Å²) in [5.74, 6) is 0.943. The third kappa shape index (κ3) is 5.68. The van der Waals surface area contributed by atoms with Gasteiger partial charge < -0.3 is 10.1 Å². The Bertz CT molecular complexity index is 207. The van der Waals surface area contributed by atoms with E-state index in [9.17, 15) is 0 Å². The van der Waals surface area contributed by atoms with Crippen molar-refractivity contribution in [1.29, 1.82) is 0 Å². The average Bonchev–Trinajstić information content (AvgIpc) is 3.19. The lowest BCUT2D eigenvalue weighted by Gasteiger charge is -2.34. The van der Waals surface area contributed by atoms with Gasteiger partial charge in [-0.25, -0.2) is 0 Å². The molecular formula is C15H32N2O. The molecule has 2 atom stereocenters. The summed E-state index contributed by atoms with van der Waals surface area (Å²) in [4.78, 5) is 2.66. The second-order valence-electron chi connectivity index (χ2n) is 5.65. The van der Waals surface area contributed by atoms with Crippen LogP contribution in [0.2, 0.25) is 0 Å². The molecule has 0 aromatic heterocycles. The van der Waals surface area contributed by atoms with Crippen LogP contribution in [-0.4, -0.2) is 50.3 Å². The monoisotopic (exact) mass is 256 g/mol. The van der Waals surface area contributed by atoms with Crippen molar-refractivity contribution in [3.63, 3.8) is 0 Å². The highest BCUT2D eigenvalue weighted by atomic mass is 16.5. The van der Waals surface area contributed by atoms with Crippen LogP contribution in [-0.2, 0) is 4.74 Å². The van der Waals surface area contributed by atoms with Crippen molar-refractivity contribution in [3.05, 3.63) is 0 Å². The molecule has 1 saturated carbocycles. The Hall–Kier alpha value is -0.120. The Balaban J connectivity index is 2.31. The van der Waals surface area contributed by atoms with E-state index < -0.39 is 0 Å². The Morgan fingerprint density at radius 1 is 1.33 bits per heavy atom. The Morgan fingerprint density at radius 3 is 2.61 bits per heavy atom. The SMILES string of the molecule is CCNCCCC(C)N(CCOC)C(C)C1CC1. The lowest BCUT2D eigenvalue weighted by atomic mass is 10.1. The Morgan fingerprint density at radius 2 is 2.06 bits per heavy atom. The Labute approximate surface area is 113 Å². The molecule has 2 unspecified atom stereocenters. The minimum Gasteiger partial charge on any atom is -0.383 e. The van der Waals surface area contributed by atoms with Gasteiger partial charge in [0.15, 0.2) is 0 Å². The van der Waals surface area contributed by atoms with Crippen molar-refractivity contribution in [2.45, 2.75) is 58.5 Å². The van der Waals surface area contributed by atoms with Crippen molar-refractivity contribution in [2.24, 2.45) is 5.92 Å². The molecule has 108 valence electrons. The maximum Gasteiger partial charge on any atom is 0.0589 e. The fourth-order valence-electron chi connectivity index (χ4n) is 2.74. The van der Waals surface area contributed by atoms with Gasteiger partial charge in [-0.15, -0.1) is 0 Å². The molecule has 0 saturated heterocycles. The van der Waals surface area contributed by atoms with Gasteiger partial charge in [0.1, 0.15) is 0 Å². The van der Waals surface area contributed by atoms with E-state index in [2.05, 4.69) is 31.0 Å². The van der Waals surface area contributed by atoms with Gasteiger partial charge >= 0.3 is 0 Å². The maximum atomic E-state index is 5.26. The molecule has 0 aromatic rings. The number of hydrogen-bond donors (Lipinski definition) is 1. The minimum atomic E-state index is 0.675. The van der Waals surface area contributed by atoms with E-state index in [-0.39, 0.29) is 0 Å². The summed E-state index contributed by atoms with van der Waals surface area (Å²) in [5, 5.41) is 3.41. The zero-order valence-electron chi connectivity index (χ0n) is 12.7. The van der Waals surface area contributed by atoms with Gasteiger partial charge in [0.05, 0.1) is 6.61 Å². The summed E-state index contributed by atoms with van der Waals surface area (Å²) in [6.45, 7) is 11.1. The number of methoxy groups -OCH3 is 1. The zero-order valence-corrected chi connectivity index (χ0v) is 12.7. The summed E-state index contributed by atoms with van der Waals surface area (Å²) in [6, 6.07) is 1.41. The van der Waals surface area contributed by atoms with Crippen LogP contribution in [0.5, 0.6) is 0 Å². The van der Waals surface area contributed by atoms with Gasteiger partial charge in [0.25, 0.3) is 0 Å². The molecule has 1 aliphatic rings. The van der Waals surface area contributed by atoms with Crippen LogP contribution >= 0.6 is 0 Å². The molecule has 3 nitrogen and oxygen atoms in total. The third-order valence-electron chi connectivity index (χ3n) is 4.17. The van der Waals surface area contributed by atoms with E-state index >= 15 is 0 Å². The normalized spacial score (nSPS) is 19.2. The van der Waals surface area contributed by atoms with E-state index in [0.29, 0.717) is 6.04 Å². The first-order valence-electron chi connectivity index (χ1n) is 7.66. The average molecular weight is 256 g/mol. The van der Waals surface area contributed by atoms with E-state index in [1.54, 1.807) is 7.11 Å². The van der Waals surface area contributed by atoms with Crippen LogP contribution in [0.4, 0.5) is 0 Å². The first-order valence-corrected chi connectivity index (χ1v) is 7.66. The molecule has 1 rings (SSSR count). The second kappa shape index (κ2) is 8.89. The lowest BCUT2D eigenvalue weighted by Crippen LogP contribution is -2.43. The summed E-state index contributed by atoms with van der Waals surface area (Å²) >= 11 is 0.